The van der Waals surface area contributed by atoms with Gasteiger partial charge in [0.25, 0.3) is 0 Å². The van der Waals surface area contributed by atoms with Crippen LogP contribution in [0.2, 0.25) is 0 Å². The molecule has 8 nitrogen and oxygen atoms in total. The summed E-state index contributed by atoms with van der Waals surface area (Å²) in [7, 11) is 3.88. The zero-order valence-corrected chi connectivity index (χ0v) is 25.6. The summed E-state index contributed by atoms with van der Waals surface area (Å²) < 4.78 is 11.5. The van der Waals surface area contributed by atoms with Crippen molar-refractivity contribution >= 4 is 12.0 Å². The minimum Gasteiger partial charge on any atom is -0.508 e. The van der Waals surface area contributed by atoms with E-state index in [1.807, 2.05) is 18.2 Å². The van der Waals surface area contributed by atoms with E-state index in [2.05, 4.69) is 59.0 Å². The molecule has 0 saturated carbocycles. The quantitative estimate of drug-likeness (QED) is 0.100. The van der Waals surface area contributed by atoms with E-state index in [-0.39, 0.29) is 17.8 Å². The fourth-order valence-corrected chi connectivity index (χ4v) is 6.02. The molecule has 0 atom stereocenters. The Kier molecular flexibility index (Phi) is 12.3. The van der Waals surface area contributed by atoms with Crippen molar-refractivity contribution in [2.75, 3.05) is 65.4 Å². The molecule has 0 spiro atoms. The number of unbranched alkanes of at least 4 members (excludes halogenated alkanes) is 1. The maximum atomic E-state index is 11.0. The van der Waals surface area contributed by atoms with E-state index in [4.69, 9.17) is 9.47 Å². The molecule has 0 aromatic heterocycles. The molecule has 4 N–H and O–H groups in total. The molecule has 8 heteroatoms. The largest absolute Gasteiger partial charge is 0.508 e. The number of carbonyl (C=O) groups excluding carboxylic acids is 1. The van der Waals surface area contributed by atoms with E-state index in [0.717, 1.165) is 75.8 Å². The molecule has 0 radical (unpaired) electrons. The van der Waals surface area contributed by atoms with Gasteiger partial charge in [-0.15, -0.1) is 0 Å². The molecule has 0 bridgehead atoms. The molecule has 1 saturated heterocycles. The second-order valence-electron chi connectivity index (χ2n) is 11.3. The summed E-state index contributed by atoms with van der Waals surface area (Å²) in [5.41, 5.74) is 4.75. The molecular formula is C35H47N3O5. The van der Waals surface area contributed by atoms with Gasteiger partial charge in [-0.1, -0.05) is 48.5 Å². The third kappa shape index (κ3) is 8.50. The number of hydrogen-bond donors (Lipinski definition) is 4. The van der Waals surface area contributed by atoms with Crippen LogP contribution in [0.25, 0.3) is 0 Å². The monoisotopic (exact) mass is 589 g/mol. The topological polar surface area (TPSA) is 103 Å². The zero-order valence-electron chi connectivity index (χ0n) is 25.6. The van der Waals surface area contributed by atoms with Crippen LogP contribution in [0.15, 0.2) is 60.7 Å². The van der Waals surface area contributed by atoms with Crippen LogP contribution in [-0.4, -0.2) is 81.5 Å². The van der Waals surface area contributed by atoms with Crippen LogP contribution < -0.4 is 15.4 Å². The number of anilines is 1. The van der Waals surface area contributed by atoms with Gasteiger partial charge in [0.05, 0.1) is 6.61 Å². The Morgan fingerprint density at radius 1 is 0.930 bits per heavy atom. The molecule has 1 fully saturated rings. The number of piperidine rings is 1. The first kappa shape index (κ1) is 32.3. The van der Waals surface area contributed by atoms with Crippen LogP contribution in [0.1, 0.15) is 47.9 Å². The predicted molar refractivity (Wildman–Crippen MR) is 172 cm³/mol. The van der Waals surface area contributed by atoms with Gasteiger partial charge in [0.1, 0.15) is 29.5 Å². The number of ether oxygens (including phenoxy) is 2. The highest BCUT2D eigenvalue weighted by molar-refractivity contribution is 5.69. The van der Waals surface area contributed by atoms with E-state index in [1.54, 1.807) is 13.1 Å². The van der Waals surface area contributed by atoms with Gasteiger partial charge in [-0.25, -0.2) is 0 Å². The maximum Gasteiger partial charge on any atom is 0.157 e. The van der Waals surface area contributed by atoms with Crippen LogP contribution in [0.4, 0.5) is 5.69 Å². The van der Waals surface area contributed by atoms with Gasteiger partial charge in [0.15, 0.2) is 6.29 Å². The molecule has 0 unspecified atom stereocenters. The smallest absolute Gasteiger partial charge is 0.157 e. The highest BCUT2D eigenvalue weighted by Gasteiger charge is 2.39. The lowest BCUT2D eigenvalue weighted by molar-refractivity contribution is -0.109. The first-order valence-electron chi connectivity index (χ1n) is 15.4. The van der Waals surface area contributed by atoms with E-state index < -0.39 is 0 Å². The summed E-state index contributed by atoms with van der Waals surface area (Å²) in [4.78, 5) is 13.2. The van der Waals surface area contributed by atoms with Crippen LogP contribution >= 0.6 is 0 Å². The Bertz CT molecular complexity index is 1290. The van der Waals surface area contributed by atoms with Gasteiger partial charge in [0, 0.05) is 24.6 Å². The summed E-state index contributed by atoms with van der Waals surface area (Å²) >= 11 is 0. The molecule has 0 aliphatic carbocycles. The van der Waals surface area contributed by atoms with Crippen LogP contribution in [-0.2, 0) is 27.8 Å². The first-order chi connectivity index (χ1) is 21.0. The number of hydrogen-bond acceptors (Lipinski definition) is 8. The van der Waals surface area contributed by atoms with E-state index >= 15 is 0 Å². The summed E-state index contributed by atoms with van der Waals surface area (Å²) in [6.45, 7) is 4.94. The average Bonchev–Trinajstić information content (AvgIpc) is 3.03. The Hall–Kier alpha value is -3.59. The standard InChI is InChI=1S/C35H47N3O5/c1-36-33-32(41)13-11-28(34(33)43-25-22-39)14-19-37-18-6-7-23-42-24-15-27-10-12-31(40)30(26-27)35(16-20-38(2)21-17-35)29-8-4-3-5-9-29/h3-5,8-13,22,26,36-37,40-41H,6-7,14-21,23-25H2,1-2H3. The first-order valence-corrected chi connectivity index (χ1v) is 15.4. The molecule has 1 aliphatic heterocycles. The highest BCUT2D eigenvalue weighted by Crippen LogP contribution is 2.45. The second-order valence-corrected chi connectivity index (χ2v) is 11.3. The Morgan fingerprint density at radius 2 is 1.70 bits per heavy atom. The number of carbonyl (C=O) groups is 1. The molecule has 1 aliphatic rings. The number of nitrogens with one attached hydrogen (secondary N) is 2. The van der Waals surface area contributed by atoms with Gasteiger partial charge in [0.2, 0.25) is 0 Å². The molecule has 43 heavy (non-hydrogen) atoms. The number of phenols is 2. The average molecular weight is 590 g/mol. The van der Waals surface area contributed by atoms with Crippen molar-refractivity contribution in [1.82, 2.24) is 10.2 Å². The number of phenolic OH excluding ortho intramolecular Hbond substituents is 2. The third-order valence-electron chi connectivity index (χ3n) is 8.50. The van der Waals surface area contributed by atoms with Crippen LogP contribution in [0, 0.1) is 0 Å². The molecule has 0 amide bonds. The van der Waals surface area contributed by atoms with Crippen LogP contribution in [0.5, 0.6) is 17.2 Å². The fourth-order valence-electron chi connectivity index (χ4n) is 6.02. The van der Waals surface area contributed by atoms with Crippen molar-refractivity contribution < 1.29 is 24.5 Å². The highest BCUT2D eigenvalue weighted by atomic mass is 16.5. The van der Waals surface area contributed by atoms with Gasteiger partial charge >= 0.3 is 0 Å². The number of likely N-dealkylation sites (tertiary alicyclic amines) is 1. The molecule has 3 aromatic carbocycles. The van der Waals surface area contributed by atoms with E-state index in [9.17, 15) is 15.0 Å². The van der Waals surface area contributed by atoms with Gasteiger partial charge in [-0.2, -0.15) is 0 Å². The summed E-state index contributed by atoms with van der Waals surface area (Å²) in [5, 5.41) is 27.5. The van der Waals surface area contributed by atoms with Gasteiger partial charge < -0.3 is 35.2 Å². The minimum atomic E-state index is -0.177. The van der Waals surface area contributed by atoms with Gasteiger partial charge in [-0.3, -0.25) is 4.79 Å². The lowest BCUT2D eigenvalue weighted by Gasteiger charge is -2.42. The van der Waals surface area contributed by atoms with Crippen LogP contribution in [0.3, 0.4) is 0 Å². The third-order valence-corrected chi connectivity index (χ3v) is 8.50. The number of rotatable bonds is 17. The second kappa shape index (κ2) is 16.3. The van der Waals surface area contributed by atoms with Crippen molar-refractivity contribution in [3.63, 3.8) is 0 Å². The summed E-state index contributed by atoms with van der Waals surface area (Å²) in [6, 6.07) is 20.2. The number of nitrogens with zero attached hydrogens (tertiary/aromatic N) is 1. The lowest BCUT2D eigenvalue weighted by atomic mass is 9.67. The molecular weight excluding hydrogens is 542 g/mol. The number of benzene rings is 3. The van der Waals surface area contributed by atoms with E-state index in [0.29, 0.717) is 36.7 Å². The van der Waals surface area contributed by atoms with Crippen molar-refractivity contribution in [3.8, 4) is 17.2 Å². The van der Waals surface area contributed by atoms with E-state index in [1.165, 1.54) is 11.1 Å². The zero-order chi connectivity index (χ0) is 30.5. The minimum absolute atomic E-state index is 0.0568. The normalized spacial score (nSPS) is 14.8. The Labute approximate surface area is 256 Å². The summed E-state index contributed by atoms with van der Waals surface area (Å²) in [6.07, 6.45) is 6.17. The SMILES string of the molecule is CNc1c(O)ccc(CCNCCCCOCCc2ccc(O)c(C3(c4ccccc4)CCN(C)CC3)c2)c1OCC=O. The Morgan fingerprint density at radius 3 is 2.44 bits per heavy atom. The number of aromatic hydroxyl groups is 2. The molecule has 232 valence electrons. The lowest BCUT2D eigenvalue weighted by Crippen LogP contribution is -2.41. The molecule has 3 aromatic rings. The van der Waals surface area contributed by atoms with Crippen molar-refractivity contribution in [1.29, 1.82) is 0 Å². The molecule has 4 rings (SSSR count). The fraction of sp³-hybridized carbons (Fsp3) is 0.457. The van der Waals surface area contributed by atoms with Gasteiger partial charge in [-0.05, 0) is 101 Å². The van der Waals surface area contributed by atoms with Crippen molar-refractivity contribution in [2.24, 2.45) is 0 Å². The van der Waals surface area contributed by atoms with Crippen molar-refractivity contribution in [3.05, 3.63) is 82.9 Å². The number of aldehydes is 1. The maximum absolute atomic E-state index is 11.0. The van der Waals surface area contributed by atoms with Crippen molar-refractivity contribution in [2.45, 2.75) is 43.9 Å². The summed E-state index contributed by atoms with van der Waals surface area (Å²) in [5.74, 6) is 0.995. The predicted octanol–water partition coefficient (Wildman–Crippen LogP) is 4.90. The Balaban J connectivity index is 1.19. The molecule has 1 heterocycles.